The number of hydrogen-bond donors (Lipinski definition) is 1. The van der Waals surface area contributed by atoms with Crippen LogP contribution in [0.2, 0.25) is 0 Å². The number of aryl methyl sites for hydroxylation is 1. The molecule has 0 aromatic carbocycles. The first-order valence-corrected chi connectivity index (χ1v) is 6.96. The Morgan fingerprint density at radius 3 is 2.68 bits per heavy atom. The van der Waals surface area contributed by atoms with Crippen molar-refractivity contribution in [2.75, 3.05) is 5.32 Å². The number of pyridine rings is 1. The number of rotatable bonds is 4. The largest absolute Gasteiger partial charge is 0.362 e. The molecule has 1 heterocycles. The van der Waals surface area contributed by atoms with Crippen LogP contribution in [0, 0.1) is 23.0 Å². The van der Waals surface area contributed by atoms with E-state index in [0.29, 0.717) is 11.7 Å². The highest BCUT2D eigenvalue weighted by atomic mass is 16.6. The minimum atomic E-state index is -0.373. The topological polar surface area (TPSA) is 68.1 Å². The molecule has 1 aromatic heterocycles. The van der Waals surface area contributed by atoms with E-state index in [-0.39, 0.29) is 16.7 Å². The van der Waals surface area contributed by atoms with Crippen molar-refractivity contribution >= 4 is 11.5 Å². The van der Waals surface area contributed by atoms with Crippen molar-refractivity contribution in [3.8, 4) is 0 Å². The van der Waals surface area contributed by atoms with Crippen LogP contribution in [0.25, 0.3) is 0 Å². The fourth-order valence-corrected chi connectivity index (χ4v) is 2.77. The van der Waals surface area contributed by atoms with Crippen molar-refractivity contribution in [3.63, 3.8) is 0 Å². The maximum Gasteiger partial charge on any atom is 0.311 e. The lowest BCUT2D eigenvalue weighted by Crippen LogP contribution is -2.28. The third kappa shape index (κ3) is 3.43. The molecule has 5 heteroatoms. The second-order valence-corrected chi connectivity index (χ2v) is 5.41. The Hall–Kier alpha value is -1.65. The van der Waals surface area contributed by atoms with Crippen molar-refractivity contribution in [3.05, 3.63) is 27.9 Å². The third-order valence-corrected chi connectivity index (χ3v) is 3.93. The van der Waals surface area contributed by atoms with E-state index >= 15 is 0 Å². The van der Waals surface area contributed by atoms with Gasteiger partial charge in [0.25, 0.3) is 0 Å². The summed E-state index contributed by atoms with van der Waals surface area (Å²) < 4.78 is 0. The lowest BCUT2D eigenvalue weighted by atomic mass is 9.84. The number of aromatic nitrogens is 1. The molecule has 1 fully saturated rings. The molecular weight excluding hydrogens is 242 g/mol. The van der Waals surface area contributed by atoms with E-state index in [9.17, 15) is 10.1 Å². The zero-order valence-electron chi connectivity index (χ0n) is 11.6. The molecule has 1 aromatic rings. The molecule has 19 heavy (non-hydrogen) atoms. The molecule has 1 aliphatic carbocycles. The number of nitro groups is 1. The molecule has 104 valence electrons. The number of nitrogens with zero attached hydrogens (tertiary/aromatic N) is 2. The quantitative estimate of drug-likeness (QED) is 0.664. The normalized spacial score (nSPS) is 18.0. The van der Waals surface area contributed by atoms with Gasteiger partial charge in [-0.1, -0.05) is 19.3 Å². The van der Waals surface area contributed by atoms with Crippen molar-refractivity contribution < 1.29 is 4.92 Å². The predicted molar refractivity (Wildman–Crippen MR) is 75.3 cm³/mol. The van der Waals surface area contributed by atoms with Crippen LogP contribution in [0.3, 0.4) is 0 Å². The van der Waals surface area contributed by atoms with Crippen LogP contribution in [0.5, 0.6) is 0 Å². The molecule has 5 nitrogen and oxygen atoms in total. The van der Waals surface area contributed by atoms with Crippen LogP contribution >= 0.6 is 0 Å². The van der Waals surface area contributed by atoms with Gasteiger partial charge in [-0.25, -0.2) is 4.98 Å². The van der Waals surface area contributed by atoms with Crippen LogP contribution in [0.4, 0.5) is 11.5 Å². The fraction of sp³-hybridized carbons (Fsp3) is 0.643. The van der Waals surface area contributed by atoms with Gasteiger partial charge in [0.15, 0.2) is 0 Å². The van der Waals surface area contributed by atoms with Gasteiger partial charge in [0.2, 0.25) is 5.82 Å². The average Bonchev–Trinajstić information content (AvgIpc) is 2.39. The van der Waals surface area contributed by atoms with Gasteiger partial charge in [0.05, 0.1) is 4.92 Å². The van der Waals surface area contributed by atoms with Crippen LogP contribution < -0.4 is 5.32 Å². The maximum absolute atomic E-state index is 11.0. The summed E-state index contributed by atoms with van der Waals surface area (Å²) in [7, 11) is 0. The Labute approximate surface area is 113 Å². The van der Waals surface area contributed by atoms with E-state index in [0.717, 1.165) is 5.69 Å². The molecule has 1 atom stereocenters. The molecule has 1 unspecified atom stereocenters. The van der Waals surface area contributed by atoms with Crippen LogP contribution in [-0.4, -0.2) is 15.9 Å². The van der Waals surface area contributed by atoms with Gasteiger partial charge < -0.3 is 5.32 Å². The van der Waals surface area contributed by atoms with Gasteiger partial charge in [-0.15, -0.1) is 0 Å². The third-order valence-electron chi connectivity index (χ3n) is 3.93. The zero-order valence-corrected chi connectivity index (χ0v) is 11.6. The van der Waals surface area contributed by atoms with Gasteiger partial charge in [0.1, 0.15) is 0 Å². The standard InChI is InChI=1S/C14H21N3O2/c1-10-8-9-13(17(18)19)14(15-10)16-11(2)12-6-4-3-5-7-12/h8-9,11-12H,3-7H2,1-2H3,(H,15,16). The Bertz CT molecular complexity index is 456. The predicted octanol–water partition coefficient (Wildman–Crippen LogP) is 3.68. The van der Waals surface area contributed by atoms with Gasteiger partial charge in [-0.3, -0.25) is 10.1 Å². The molecule has 1 aliphatic rings. The molecule has 2 rings (SSSR count). The van der Waals surface area contributed by atoms with Crippen LogP contribution in [-0.2, 0) is 0 Å². The molecule has 1 saturated carbocycles. The lowest BCUT2D eigenvalue weighted by molar-refractivity contribution is -0.384. The highest BCUT2D eigenvalue weighted by molar-refractivity contribution is 5.56. The first-order valence-electron chi connectivity index (χ1n) is 6.96. The summed E-state index contributed by atoms with van der Waals surface area (Å²) in [5.41, 5.74) is 0.859. The Morgan fingerprint density at radius 2 is 2.05 bits per heavy atom. The summed E-state index contributed by atoms with van der Waals surface area (Å²) in [4.78, 5) is 14.9. The summed E-state index contributed by atoms with van der Waals surface area (Å²) in [5.74, 6) is 0.999. The Morgan fingerprint density at radius 1 is 1.37 bits per heavy atom. The van der Waals surface area contributed by atoms with E-state index in [1.165, 1.54) is 38.2 Å². The molecule has 0 bridgehead atoms. The Kier molecular flexibility index (Phi) is 4.35. The highest BCUT2D eigenvalue weighted by Gasteiger charge is 2.23. The molecular formula is C14H21N3O2. The summed E-state index contributed by atoms with van der Waals surface area (Å²) >= 11 is 0. The van der Waals surface area contributed by atoms with Crippen molar-refractivity contribution in [2.45, 2.75) is 52.0 Å². The summed E-state index contributed by atoms with van der Waals surface area (Å²) in [6.07, 6.45) is 6.24. The minimum Gasteiger partial charge on any atom is -0.362 e. The van der Waals surface area contributed by atoms with Crippen LogP contribution in [0.15, 0.2) is 12.1 Å². The first-order chi connectivity index (χ1) is 9.08. The average molecular weight is 263 g/mol. The highest BCUT2D eigenvalue weighted by Crippen LogP contribution is 2.30. The smallest absolute Gasteiger partial charge is 0.311 e. The number of hydrogen-bond acceptors (Lipinski definition) is 4. The zero-order chi connectivity index (χ0) is 13.8. The van der Waals surface area contributed by atoms with Gasteiger partial charge in [0, 0.05) is 17.8 Å². The Balaban J connectivity index is 2.12. The van der Waals surface area contributed by atoms with E-state index in [1.54, 1.807) is 6.07 Å². The number of nitrogens with one attached hydrogen (secondary N) is 1. The van der Waals surface area contributed by atoms with Crippen molar-refractivity contribution in [2.24, 2.45) is 5.92 Å². The SMILES string of the molecule is Cc1ccc([N+](=O)[O-])c(NC(C)C2CCCCC2)n1. The second kappa shape index (κ2) is 5.99. The summed E-state index contributed by atoms with van der Waals surface area (Å²) in [6, 6.07) is 3.43. The van der Waals surface area contributed by atoms with Gasteiger partial charge in [-0.2, -0.15) is 0 Å². The minimum absolute atomic E-state index is 0.0632. The first kappa shape index (κ1) is 13.8. The maximum atomic E-state index is 11.0. The monoisotopic (exact) mass is 263 g/mol. The molecule has 0 spiro atoms. The summed E-state index contributed by atoms with van der Waals surface area (Å²) in [5, 5.41) is 14.3. The molecule has 0 radical (unpaired) electrons. The molecule has 0 aliphatic heterocycles. The van der Waals surface area contributed by atoms with E-state index in [4.69, 9.17) is 0 Å². The van der Waals surface area contributed by atoms with E-state index in [2.05, 4.69) is 17.2 Å². The fourth-order valence-electron chi connectivity index (χ4n) is 2.77. The second-order valence-electron chi connectivity index (χ2n) is 5.41. The van der Waals surface area contributed by atoms with Gasteiger partial charge in [-0.05, 0) is 38.7 Å². The lowest BCUT2D eigenvalue weighted by Gasteiger charge is -2.28. The van der Waals surface area contributed by atoms with E-state index in [1.807, 2.05) is 6.92 Å². The van der Waals surface area contributed by atoms with E-state index < -0.39 is 0 Å². The van der Waals surface area contributed by atoms with Crippen LogP contribution in [0.1, 0.15) is 44.7 Å². The molecule has 1 N–H and O–H groups in total. The number of anilines is 1. The summed E-state index contributed by atoms with van der Waals surface area (Å²) in [6.45, 7) is 3.95. The molecule has 0 saturated heterocycles. The van der Waals surface area contributed by atoms with Gasteiger partial charge >= 0.3 is 5.69 Å². The van der Waals surface area contributed by atoms with Crippen molar-refractivity contribution in [1.82, 2.24) is 4.98 Å². The molecule has 0 amide bonds. The van der Waals surface area contributed by atoms with Crippen molar-refractivity contribution in [1.29, 1.82) is 0 Å².